The summed E-state index contributed by atoms with van der Waals surface area (Å²) in [5.74, 6) is -0.264. The first-order valence-corrected chi connectivity index (χ1v) is 11.8. The molecule has 0 aliphatic carbocycles. The molecule has 0 spiro atoms. The van der Waals surface area contributed by atoms with Gasteiger partial charge < -0.3 is 5.32 Å². The standard InChI is InChI=1S/C19H20ClN5O3S2/c1-3-13-5-6-14(8-17(13)30(21,27)28)23-18(26)10-29-19-24-22-11-25(19)15-7-4-12(2)16(20)9-15/h4-9,11H,3,10H2,1-2H3,(H,23,26)(H2,21,27,28). The van der Waals surface area contributed by atoms with E-state index in [1.807, 2.05) is 26.0 Å². The molecule has 0 bridgehead atoms. The summed E-state index contributed by atoms with van der Waals surface area (Å²) in [5, 5.41) is 17.1. The molecule has 30 heavy (non-hydrogen) atoms. The van der Waals surface area contributed by atoms with Crippen LogP contribution in [0.5, 0.6) is 0 Å². The highest BCUT2D eigenvalue weighted by molar-refractivity contribution is 7.99. The second kappa shape index (κ2) is 9.17. The van der Waals surface area contributed by atoms with Gasteiger partial charge in [-0.05, 0) is 48.7 Å². The first-order valence-electron chi connectivity index (χ1n) is 8.94. The fourth-order valence-electron chi connectivity index (χ4n) is 2.75. The Hall–Kier alpha value is -2.40. The average molecular weight is 466 g/mol. The van der Waals surface area contributed by atoms with E-state index in [0.29, 0.717) is 27.9 Å². The molecule has 158 valence electrons. The Morgan fingerprint density at radius 3 is 2.70 bits per heavy atom. The monoisotopic (exact) mass is 465 g/mol. The number of aryl methyl sites for hydroxylation is 2. The highest BCUT2D eigenvalue weighted by Crippen LogP contribution is 2.24. The van der Waals surface area contributed by atoms with Crippen molar-refractivity contribution in [3.05, 3.63) is 58.9 Å². The van der Waals surface area contributed by atoms with E-state index in [9.17, 15) is 13.2 Å². The minimum Gasteiger partial charge on any atom is -0.325 e. The number of amides is 1. The molecule has 0 radical (unpaired) electrons. The van der Waals surface area contributed by atoms with Gasteiger partial charge in [-0.2, -0.15) is 0 Å². The number of benzene rings is 2. The van der Waals surface area contributed by atoms with Crippen molar-refractivity contribution in [3.63, 3.8) is 0 Å². The van der Waals surface area contributed by atoms with Gasteiger partial charge in [-0.25, -0.2) is 13.6 Å². The quantitative estimate of drug-likeness (QED) is 0.517. The molecule has 1 amide bonds. The van der Waals surface area contributed by atoms with E-state index in [0.717, 1.165) is 11.3 Å². The summed E-state index contributed by atoms with van der Waals surface area (Å²) >= 11 is 7.39. The number of hydrogen-bond acceptors (Lipinski definition) is 6. The van der Waals surface area contributed by atoms with Gasteiger partial charge in [0, 0.05) is 10.7 Å². The average Bonchev–Trinajstić information content (AvgIpc) is 3.16. The summed E-state index contributed by atoms with van der Waals surface area (Å²) in [6, 6.07) is 10.2. The number of primary sulfonamides is 1. The van der Waals surface area contributed by atoms with Crippen molar-refractivity contribution in [2.45, 2.75) is 30.3 Å². The van der Waals surface area contributed by atoms with Crippen LogP contribution < -0.4 is 10.5 Å². The number of hydrogen-bond donors (Lipinski definition) is 2. The Kier molecular flexibility index (Phi) is 6.81. The Bertz CT molecular complexity index is 1190. The number of sulfonamides is 1. The lowest BCUT2D eigenvalue weighted by Crippen LogP contribution is -2.17. The molecule has 0 saturated heterocycles. The summed E-state index contributed by atoms with van der Waals surface area (Å²) in [6.45, 7) is 3.74. The fraction of sp³-hybridized carbons (Fsp3) is 0.211. The Morgan fingerprint density at radius 1 is 1.27 bits per heavy atom. The molecule has 1 heterocycles. The van der Waals surface area contributed by atoms with Gasteiger partial charge in [0.25, 0.3) is 0 Å². The topological polar surface area (TPSA) is 120 Å². The summed E-state index contributed by atoms with van der Waals surface area (Å²) in [7, 11) is -3.88. The molecular weight excluding hydrogens is 446 g/mol. The lowest BCUT2D eigenvalue weighted by atomic mass is 10.1. The second-order valence-corrected chi connectivity index (χ2v) is 9.35. The van der Waals surface area contributed by atoms with Gasteiger partial charge in [0.15, 0.2) is 5.16 Å². The van der Waals surface area contributed by atoms with Crippen LogP contribution >= 0.6 is 23.4 Å². The van der Waals surface area contributed by atoms with Crippen molar-refractivity contribution in [1.82, 2.24) is 14.8 Å². The number of halogens is 1. The largest absolute Gasteiger partial charge is 0.325 e. The van der Waals surface area contributed by atoms with Crippen LogP contribution in [0.2, 0.25) is 5.02 Å². The molecule has 0 fully saturated rings. The first kappa shape index (κ1) is 22.3. The van der Waals surface area contributed by atoms with E-state index in [-0.39, 0.29) is 16.6 Å². The van der Waals surface area contributed by atoms with Gasteiger partial charge in [-0.3, -0.25) is 9.36 Å². The van der Waals surface area contributed by atoms with Crippen molar-refractivity contribution in [2.24, 2.45) is 5.14 Å². The van der Waals surface area contributed by atoms with Crippen LogP contribution in [-0.4, -0.2) is 34.8 Å². The molecule has 0 aliphatic heterocycles. The number of rotatable bonds is 7. The summed E-state index contributed by atoms with van der Waals surface area (Å²) < 4.78 is 25.3. The van der Waals surface area contributed by atoms with Crippen molar-refractivity contribution >= 4 is 45.0 Å². The molecule has 2 aromatic carbocycles. The Labute approximate surface area is 183 Å². The van der Waals surface area contributed by atoms with Crippen LogP contribution in [0.1, 0.15) is 18.1 Å². The molecule has 0 aliphatic rings. The number of nitrogens with zero attached hydrogens (tertiary/aromatic N) is 3. The number of nitrogens with two attached hydrogens (primary N) is 1. The highest BCUT2D eigenvalue weighted by atomic mass is 35.5. The summed E-state index contributed by atoms with van der Waals surface area (Å²) in [5.41, 5.74) is 2.69. The molecule has 3 rings (SSSR count). The maximum absolute atomic E-state index is 12.4. The number of nitrogens with one attached hydrogen (secondary N) is 1. The minimum absolute atomic E-state index is 0.00597. The van der Waals surface area contributed by atoms with Crippen LogP contribution in [0, 0.1) is 6.92 Å². The molecule has 11 heteroatoms. The lowest BCUT2D eigenvalue weighted by molar-refractivity contribution is -0.113. The molecular formula is C19H20ClN5O3S2. The zero-order valence-electron chi connectivity index (χ0n) is 16.3. The van der Waals surface area contributed by atoms with Crippen molar-refractivity contribution < 1.29 is 13.2 Å². The van der Waals surface area contributed by atoms with Gasteiger partial charge in [0.1, 0.15) is 6.33 Å². The second-order valence-electron chi connectivity index (χ2n) is 6.47. The van der Waals surface area contributed by atoms with E-state index in [1.54, 1.807) is 29.1 Å². The highest BCUT2D eigenvalue weighted by Gasteiger charge is 2.15. The van der Waals surface area contributed by atoms with Crippen molar-refractivity contribution in [2.75, 3.05) is 11.1 Å². The van der Waals surface area contributed by atoms with Gasteiger partial charge in [-0.1, -0.05) is 42.4 Å². The maximum atomic E-state index is 12.4. The molecule has 3 N–H and O–H groups in total. The third-order valence-electron chi connectivity index (χ3n) is 4.32. The normalized spacial score (nSPS) is 11.5. The lowest BCUT2D eigenvalue weighted by Gasteiger charge is -2.10. The van der Waals surface area contributed by atoms with Gasteiger partial charge in [0.05, 0.1) is 16.3 Å². The zero-order chi connectivity index (χ0) is 21.9. The third kappa shape index (κ3) is 5.20. The zero-order valence-corrected chi connectivity index (χ0v) is 18.7. The van der Waals surface area contributed by atoms with E-state index >= 15 is 0 Å². The van der Waals surface area contributed by atoms with Crippen molar-refractivity contribution in [3.8, 4) is 5.69 Å². The number of anilines is 1. The van der Waals surface area contributed by atoms with Gasteiger partial charge >= 0.3 is 0 Å². The number of thioether (sulfide) groups is 1. The van der Waals surface area contributed by atoms with E-state index < -0.39 is 10.0 Å². The number of aromatic nitrogens is 3. The summed E-state index contributed by atoms with van der Waals surface area (Å²) in [6.07, 6.45) is 2.05. The molecule has 0 unspecified atom stereocenters. The SMILES string of the molecule is CCc1ccc(NC(=O)CSc2nncn2-c2ccc(C)c(Cl)c2)cc1S(N)(=O)=O. The van der Waals surface area contributed by atoms with Gasteiger partial charge in [0.2, 0.25) is 15.9 Å². The van der Waals surface area contributed by atoms with E-state index in [4.69, 9.17) is 16.7 Å². The smallest absolute Gasteiger partial charge is 0.238 e. The first-order chi connectivity index (χ1) is 14.2. The summed E-state index contributed by atoms with van der Waals surface area (Å²) in [4.78, 5) is 12.4. The molecule has 1 aromatic heterocycles. The number of carbonyl (C=O) groups excluding carboxylic acids is 1. The minimum atomic E-state index is -3.88. The van der Waals surface area contributed by atoms with Crippen LogP contribution in [-0.2, 0) is 21.2 Å². The van der Waals surface area contributed by atoms with Crippen LogP contribution in [0.4, 0.5) is 5.69 Å². The van der Waals surface area contributed by atoms with Crippen molar-refractivity contribution in [1.29, 1.82) is 0 Å². The van der Waals surface area contributed by atoms with Crippen LogP contribution in [0.25, 0.3) is 5.69 Å². The number of carbonyl (C=O) groups is 1. The molecule has 3 aromatic rings. The molecule has 0 atom stereocenters. The van der Waals surface area contributed by atoms with Crippen LogP contribution in [0.15, 0.2) is 52.8 Å². The third-order valence-corrected chi connectivity index (χ3v) is 6.66. The van der Waals surface area contributed by atoms with Gasteiger partial charge in [-0.15, -0.1) is 10.2 Å². The van der Waals surface area contributed by atoms with Crippen LogP contribution in [0.3, 0.4) is 0 Å². The Balaban J connectivity index is 1.71. The molecule has 0 saturated carbocycles. The maximum Gasteiger partial charge on any atom is 0.238 e. The van der Waals surface area contributed by atoms with E-state index in [1.165, 1.54) is 17.8 Å². The Morgan fingerprint density at radius 2 is 2.03 bits per heavy atom. The predicted molar refractivity (Wildman–Crippen MR) is 118 cm³/mol. The van der Waals surface area contributed by atoms with E-state index in [2.05, 4.69) is 15.5 Å². The molecule has 8 nitrogen and oxygen atoms in total. The fourth-order valence-corrected chi connectivity index (χ4v) is 4.52. The predicted octanol–water partition coefficient (Wildman–Crippen LogP) is 3.17.